The van der Waals surface area contributed by atoms with Crippen LogP contribution in [0.3, 0.4) is 0 Å². The highest BCUT2D eigenvalue weighted by atomic mass is 32.2. The SMILES string of the molecule is CCCCCCCCCC(N)=O.O=S(=O)(O)C(F)(F)F. The highest BCUT2D eigenvalue weighted by Gasteiger charge is 2.44. The lowest BCUT2D eigenvalue weighted by Crippen LogP contribution is -2.21. The molecule has 0 aromatic heterocycles. The van der Waals surface area contributed by atoms with E-state index in [0.717, 1.165) is 12.8 Å². The number of carbonyl (C=O) groups excluding carboxylic acids is 1. The Balaban J connectivity index is 0. The zero-order valence-electron chi connectivity index (χ0n) is 11.4. The monoisotopic (exact) mass is 321 g/mol. The third kappa shape index (κ3) is 15.2. The van der Waals surface area contributed by atoms with Crippen molar-refractivity contribution in [2.75, 3.05) is 0 Å². The maximum atomic E-state index is 10.7. The molecule has 20 heavy (non-hydrogen) atoms. The number of primary amides is 1. The third-order valence-corrected chi connectivity index (χ3v) is 2.90. The molecule has 0 rings (SSSR count). The Morgan fingerprint density at radius 1 is 1.05 bits per heavy atom. The highest BCUT2D eigenvalue weighted by molar-refractivity contribution is 7.86. The first-order valence-corrected chi connectivity index (χ1v) is 7.78. The molecule has 0 radical (unpaired) electrons. The average Bonchev–Trinajstić information content (AvgIpc) is 2.25. The van der Waals surface area contributed by atoms with Crippen molar-refractivity contribution in [1.29, 1.82) is 0 Å². The van der Waals surface area contributed by atoms with Gasteiger partial charge in [0.2, 0.25) is 5.91 Å². The van der Waals surface area contributed by atoms with Gasteiger partial charge in [-0.25, -0.2) is 0 Å². The van der Waals surface area contributed by atoms with Crippen molar-refractivity contribution in [2.24, 2.45) is 5.73 Å². The normalized spacial score (nSPS) is 11.7. The van der Waals surface area contributed by atoms with Crippen molar-refractivity contribution in [3.63, 3.8) is 0 Å². The van der Waals surface area contributed by atoms with Gasteiger partial charge in [-0.3, -0.25) is 9.35 Å². The first-order valence-electron chi connectivity index (χ1n) is 6.34. The number of amides is 1. The summed E-state index contributed by atoms with van der Waals surface area (Å²) >= 11 is 0. The van der Waals surface area contributed by atoms with Gasteiger partial charge in [0.15, 0.2) is 0 Å². The minimum Gasteiger partial charge on any atom is -0.370 e. The van der Waals surface area contributed by atoms with Crippen LogP contribution >= 0.6 is 0 Å². The molecule has 0 aromatic carbocycles. The lowest BCUT2D eigenvalue weighted by molar-refractivity contribution is -0.118. The van der Waals surface area contributed by atoms with Gasteiger partial charge in [-0.15, -0.1) is 0 Å². The van der Waals surface area contributed by atoms with Gasteiger partial charge in [0.1, 0.15) is 0 Å². The van der Waals surface area contributed by atoms with Crippen LogP contribution in [0, 0.1) is 0 Å². The first-order chi connectivity index (χ1) is 9.02. The Morgan fingerprint density at radius 2 is 1.40 bits per heavy atom. The highest BCUT2D eigenvalue weighted by Crippen LogP contribution is 2.20. The molecule has 1 amide bonds. The number of hydrogen-bond donors (Lipinski definition) is 2. The van der Waals surface area contributed by atoms with Crippen LogP contribution < -0.4 is 5.73 Å². The van der Waals surface area contributed by atoms with Gasteiger partial charge in [0.25, 0.3) is 0 Å². The van der Waals surface area contributed by atoms with Crippen molar-refractivity contribution >= 4 is 16.0 Å². The van der Waals surface area contributed by atoms with Crippen LogP contribution in [0.1, 0.15) is 58.3 Å². The fourth-order valence-corrected chi connectivity index (χ4v) is 1.26. The Labute approximate surface area is 117 Å². The zero-order valence-corrected chi connectivity index (χ0v) is 12.3. The van der Waals surface area contributed by atoms with Gasteiger partial charge < -0.3 is 5.73 Å². The van der Waals surface area contributed by atoms with Gasteiger partial charge >= 0.3 is 15.6 Å². The molecular weight excluding hydrogens is 299 g/mol. The van der Waals surface area contributed by atoms with Crippen LogP contribution in [-0.2, 0) is 14.9 Å². The maximum absolute atomic E-state index is 10.7. The fourth-order valence-electron chi connectivity index (χ4n) is 1.26. The molecule has 0 atom stereocenters. The summed E-state index contributed by atoms with van der Waals surface area (Å²) in [5.41, 5.74) is -0.519. The molecule has 5 nitrogen and oxygen atoms in total. The van der Waals surface area contributed by atoms with E-state index in [1.54, 1.807) is 0 Å². The van der Waals surface area contributed by atoms with Crippen LogP contribution in [0.5, 0.6) is 0 Å². The Bertz CT molecular complexity index is 355. The van der Waals surface area contributed by atoms with Gasteiger partial charge in [-0.2, -0.15) is 21.6 Å². The second-order valence-corrected chi connectivity index (χ2v) is 5.67. The molecule has 0 aliphatic carbocycles. The molecule has 122 valence electrons. The molecule has 0 bridgehead atoms. The predicted octanol–water partition coefficient (Wildman–Crippen LogP) is 3.01. The van der Waals surface area contributed by atoms with Crippen LogP contribution in [0.15, 0.2) is 0 Å². The minimum atomic E-state index is -5.84. The number of alkyl halides is 3. The van der Waals surface area contributed by atoms with E-state index in [0.29, 0.717) is 6.42 Å². The Morgan fingerprint density at radius 3 is 1.70 bits per heavy atom. The summed E-state index contributed by atoms with van der Waals surface area (Å²) in [6.07, 6.45) is 9.24. The largest absolute Gasteiger partial charge is 0.522 e. The number of nitrogens with two attached hydrogens (primary N) is 1. The van der Waals surface area contributed by atoms with Crippen molar-refractivity contribution in [2.45, 2.75) is 63.8 Å². The summed E-state index contributed by atoms with van der Waals surface area (Å²) in [6, 6.07) is 0. The van der Waals surface area contributed by atoms with E-state index in [1.165, 1.54) is 32.1 Å². The van der Waals surface area contributed by atoms with E-state index in [2.05, 4.69) is 6.92 Å². The molecule has 0 saturated carbocycles. The van der Waals surface area contributed by atoms with Crippen molar-refractivity contribution in [1.82, 2.24) is 0 Å². The minimum absolute atomic E-state index is 0.163. The van der Waals surface area contributed by atoms with E-state index < -0.39 is 15.6 Å². The number of unbranched alkanes of at least 4 members (excludes halogenated alkanes) is 6. The smallest absolute Gasteiger partial charge is 0.370 e. The van der Waals surface area contributed by atoms with Gasteiger partial charge in [-0.1, -0.05) is 45.4 Å². The molecule has 0 aliphatic rings. The number of hydrogen-bond acceptors (Lipinski definition) is 3. The quantitative estimate of drug-likeness (QED) is 0.408. The topological polar surface area (TPSA) is 97.5 Å². The molecule has 0 unspecified atom stereocenters. The Hall–Kier alpha value is -0.830. The van der Waals surface area contributed by atoms with Crippen LogP contribution in [-0.4, -0.2) is 24.4 Å². The molecule has 0 aromatic rings. The summed E-state index contributed by atoms with van der Waals surface area (Å²) < 4.78 is 57.5. The number of halogens is 3. The Kier molecular flexibility index (Phi) is 11.7. The first kappa shape index (κ1) is 21.5. The van der Waals surface area contributed by atoms with Crippen molar-refractivity contribution in [3.8, 4) is 0 Å². The van der Waals surface area contributed by atoms with E-state index >= 15 is 0 Å². The third-order valence-electron chi connectivity index (χ3n) is 2.32. The summed E-state index contributed by atoms with van der Waals surface area (Å²) in [5.74, 6) is -0.163. The van der Waals surface area contributed by atoms with E-state index in [-0.39, 0.29) is 5.91 Å². The van der Waals surface area contributed by atoms with E-state index in [1.807, 2.05) is 0 Å². The van der Waals surface area contributed by atoms with Crippen molar-refractivity contribution in [3.05, 3.63) is 0 Å². The molecule has 0 spiro atoms. The number of rotatable bonds is 8. The predicted molar refractivity (Wildman–Crippen MR) is 69.4 cm³/mol. The van der Waals surface area contributed by atoms with Gasteiger partial charge in [0, 0.05) is 6.42 Å². The molecule has 9 heteroatoms. The summed E-state index contributed by atoms with van der Waals surface area (Å²) in [7, 11) is -5.84. The van der Waals surface area contributed by atoms with Crippen LogP contribution in [0.2, 0.25) is 0 Å². The zero-order chi connectivity index (χ0) is 16.2. The molecular formula is C11H22F3NO4S. The van der Waals surface area contributed by atoms with Gasteiger partial charge in [-0.05, 0) is 6.42 Å². The standard InChI is InChI=1S/C10H21NO.CHF3O3S/c1-2-3-4-5-6-7-8-9-10(11)12;2-1(3,4)8(5,6)7/h2-9H2,1H3,(H2,11,12);(H,5,6,7). The number of carbonyl (C=O) groups is 1. The molecule has 0 aliphatic heterocycles. The van der Waals surface area contributed by atoms with Gasteiger partial charge in [0.05, 0.1) is 0 Å². The maximum Gasteiger partial charge on any atom is 0.522 e. The molecule has 0 saturated heterocycles. The lowest BCUT2D eigenvalue weighted by Gasteiger charge is -1.98. The molecule has 3 N–H and O–H groups in total. The average molecular weight is 321 g/mol. The molecule has 0 fully saturated rings. The second kappa shape index (κ2) is 10.9. The summed E-state index contributed by atoms with van der Waals surface area (Å²) in [4.78, 5) is 10.4. The van der Waals surface area contributed by atoms with Crippen LogP contribution in [0.4, 0.5) is 13.2 Å². The second-order valence-electron chi connectivity index (χ2n) is 4.26. The lowest BCUT2D eigenvalue weighted by atomic mass is 10.1. The summed E-state index contributed by atoms with van der Waals surface area (Å²) in [5, 5.41) is 0. The summed E-state index contributed by atoms with van der Waals surface area (Å²) in [6.45, 7) is 2.22. The fraction of sp³-hybridized carbons (Fsp3) is 0.909. The molecule has 0 heterocycles. The van der Waals surface area contributed by atoms with Crippen molar-refractivity contribution < 1.29 is 30.9 Å². The van der Waals surface area contributed by atoms with Crippen LogP contribution in [0.25, 0.3) is 0 Å². The van der Waals surface area contributed by atoms with E-state index in [4.69, 9.17) is 18.7 Å². The van der Waals surface area contributed by atoms with E-state index in [9.17, 15) is 18.0 Å².